The summed E-state index contributed by atoms with van der Waals surface area (Å²) in [7, 11) is 0. The number of alkyl halides is 6. The van der Waals surface area contributed by atoms with Crippen LogP contribution in [-0.4, -0.2) is 14.1 Å². The summed E-state index contributed by atoms with van der Waals surface area (Å²) in [6, 6.07) is 44.6. The lowest BCUT2D eigenvalue weighted by Crippen LogP contribution is -2.12. The molecule has 62 heavy (non-hydrogen) atoms. The number of para-hydroxylation sites is 2. The molecule has 7 aromatic carbocycles. The first-order valence-electron chi connectivity index (χ1n) is 19.7. The van der Waals surface area contributed by atoms with E-state index in [0.29, 0.717) is 55.9 Å². The number of aryl methyl sites for hydroxylation is 2. The fraction of sp³-hybridized carbons (Fsp3) is 0.0769. The predicted molar refractivity (Wildman–Crippen MR) is 233 cm³/mol. The molecule has 0 spiro atoms. The molecule has 0 aliphatic rings. The number of hydrogen-bond donors (Lipinski definition) is 0. The molecule has 0 aliphatic carbocycles. The number of fused-ring (bicyclic) bond motifs is 6. The maximum atomic E-state index is 14.4. The number of nitriles is 1. The van der Waals surface area contributed by atoms with Gasteiger partial charge in [0.05, 0.1) is 68.6 Å². The van der Waals surface area contributed by atoms with Crippen LogP contribution in [0, 0.1) is 25.2 Å². The number of halogens is 6. The molecule has 0 saturated heterocycles. The van der Waals surface area contributed by atoms with Crippen LogP contribution in [0.3, 0.4) is 0 Å². The van der Waals surface area contributed by atoms with Gasteiger partial charge in [-0.3, -0.25) is 4.98 Å². The van der Waals surface area contributed by atoms with E-state index in [1.807, 2.05) is 53.1 Å². The SMILES string of the molecule is Cc1ccc(-c2ccc3c(c2)c2ccccc2n3-c2cncc(-n3c4ccccc4c4cc(-c5ccc(C(F)(F)F)cc5C(F)(F)F)ccc43)c2-c2ccccc2C#N)c(C)c1. The standard InChI is InChI=1S/C52H32F6N4/c1-30-15-19-36(31(2)23-30)32-16-21-46-41(24-32)39-11-5-7-13-44(39)61(46)48-28-60-29-49(50(48)38-10-4-3-9-34(38)27-59)62-45-14-8-6-12-40(45)42-25-33(17-22-47(42)62)37-20-18-35(51(53,54)55)26-43(37)52(56,57)58/h3-26,28-29H,1-2H3. The van der Waals surface area contributed by atoms with Crippen LogP contribution in [0.15, 0.2) is 158 Å². The smallest absolute Gasteiger partial charge is 0.307 e. The van der Waals surface area contributed by atoms with Gasteiger partial charge in [0.15, 0.2) is 0 Å². The van der Waals surface area contributed by atoms with E-state index in [1.165, 1.54) is 17.2 Å². The normalized spacial score (nSPS) is 12.2. The first kappa shape index (κ1) is 38.6. The Hall–Kier alpha value is -7.64. The Bertz CT molecular complexity index is 3490. The molecule has 0 bridgehead atoms. The maximum absolute atomic E-state index is 14.4. The van der Waals surface area contributed by atoms with Gasteiger partial charge in [-0.15, -0.1) is 0 Å². The second kappa shape index (κ2) is 14.2. The number of pyridine rings is 1. The lowest BCUT2D eigenvalue weighted by molar-refractivity contribution is -0.142. The molecule has 0 atom stereocenters. The number of nitrogens with zero attached hydrogens (tertiary/aromatic N) is 4. The highest BCUT2D eigenvalue weighted by atomic mass is 19.4. The Balaban J connectivity index is 1.26. The van der Waals surface area contributed by atoms with E-state index in [4.69, 9.17) is 4.98 Å². The van der Waals surface area contributed by atoms with E-state index in [1.54, 1.807) is 36.7 Å². The third kappa shape index (κ3) is 6.19. The van der Waals surface area contributed by atoms with Crippen molar-refractivity contribution in [2.24, 2.45) is 0 Å². The number of hydrogen-bond acceptors (Lipinski definition) is 2. The first-order valence-corrected chi connectivity index (χ1v) is 19.7. The summed E-state index contributed by atoms with van der Waals surface area (Å²) in [5, 5.41) is 13.9. The van der Waals surface area contributed by atoms with Gasteiger partial charge in [0.1, 0.15) is 0 Å². The highest BCUT2D eigenvalue weighted by Crippen LogP contribution is 2.46. The monoisotopic (exact) mass is 826 g/mol. The summed E-state index contributed by atoms with van der Waals surface area (Å²) in [4.78, 5) is 4.84. The molecule has 0 unspecified atom stereocenters. The van der Waals surface area contributed by atoms with Gasteiger partial charge in [-0.2, -0.15) is 31.6 Å². The van der Waals surface area contributed by atoms with Crippen LogP contribution in [-0.2, 0) is 12.4 Å². The topological polar surface area (TPSA) is 46.5 Å². The minimum absolute atomic E-state index is 0.105. The largest absolute Gasteiger partial charge is 0.417 e. The van der Waals surface area contributed by atoms with E-state index >= 15 is 0 Å². The number of benzene rings is 7. The number of rotatable bonds is 5. The van der Waals surface area contributed by atoms with Crippen molar-refractivity contribution in [3.05, 3.63) is 186 Å². The van der Waals surface area contributed by atoms with Crippen molar-refractivity contribution >= 4 is 43.6 Å². The number of aromatic nitrogens is 3. The van der Waals surface area contributed by atoms with Crippen molar-refractivity contribution in [2.45, 2.75) is 26.2 Å². The minimum Gasteiger partial charge on any atom is -0.307 e. The van der Waals surface area contributed by atoms with Gasteiger partial charge in [0.2, 0.25) is 0 Å². The van der Waals surface area contributed by atoms with Crippen molar-refractivity contribution in [3.8, 4) is 50.8 Å². The lowest BCUT2D eigenvalue weighted by Gasteiger charge is -2.20. The molecule has 302 valence electrons. The van der Waals surface area contributed by atoms with E-state index in [2.05, 4.69) is 73.0 Å². The van der Waals surface area contributed by atoms with Crippen LogP contribution in [0.25, 0.3) is 88.4 Å². The summed E-state index contributed by atoms with van der Waals surface area (Å²) in [5.41, 5.74) is 7.72. The van der Waals surface area contributed by atoms with Gasteiger partial charge in [0, 0.05) is 32.7 Å². The van der Waals surface area contributed by atoms with Gasteiger partial charge in [-0.1, -0.05) is 96.6 Å². The Morgan fingerprint density at radius 1 is 0.500 bits per heavy atom. The Morgan fingerprint density at radius 2 is 1.03 bits per heavy atom. The summed E-state index contributed by atoms with van der Waals surface area (Å²) in [6.07, 6.45) is -6.51. The van der Waals surface area contributed by atoms with Crippen molar-refractivity contribution in [1.29, 1.82) is 5.26 Å². The Labute approximate surface area is 351 Å². The molecule has 4 nitrogen and oxygen atoms in total. The molecule has 3 aromatic heterocycles. The Morgan fingerprint density at radius 3 is 1.60 bits per heavy atom. The molecule has 0 fully saturated rings. The van der Waals surface area contributed by atoms with Crippen molar-refractivity contribution in [2.75, 3.05) is 0 Å². The molecule has 10 heteroatoms. The second-order valence-electron chi connectivity index (χ2n) is 15.5. The van der Waals surface area contributed by atoms with E-state index in [0.717, 1.165) is 39.0 Å². The molecule has 3 heterocycles. The lowest BCUT2D eigenvalue weighted by atomic mass is 9.95. The van der Waals surface area contributed by atoms with Crippen LogP contribution >= 0.6 is 0 Å². The fourth-order valence-electron chi connectivity index (χ4n) is 9.00. The van der Waals surface area contributed by atoms with Crippen LogP contribution in [0.2, 0.25) is 0 Å². The van der Waals surface area contributed by atoms with Crippen LogP contribution in [0.4, 0.5) is 26.3 Å². The molecule has 0 saturated carbocycles. The molecule has 10 aromatic rings. The van der Waals surface area contributed by atoms with Gasteiger partial charge in [-0.05, 0) is 96.3 Å². The molecule has 0 aliphatic heterocycles. The third-order valence-electron chi connectivity index (χ3n) is 11.7. The van der Waals surface area contributed by atoms with Gasteiger partial charge < -0.3 is 9.13 Å². The van der Waals surface area contributed by atoms with Crippen molar-refractivity contribution < 1.29 is 26.3 Å². The zero-order valence-corrected chi connectivity index (χ0v) is 33.1. The van der Waals surface area contributed by atoms with E-state index in [9.17, 15) is 31.6 Å². The third-order valence-corrected chi connectivity index (χ3v) is 11.7. The highest BCUT2D eigenvalue weighted by Gasteiger charge is 2.38. The fourth-order valence-corrected chi connectivity index (χ4v) is 9.00. The molecular weight excluding hydrogens is 795 g/mol. The summed E-state index contributed by atoms with van der Waals surface area (Å²) >= 11 is 0. The molecule has 0 radical (unpaired) electrons. The van der Waals surface area contributed by atoms with Gasteiger partial charge in [0.25, 0.3) is 0 Å². The van der Waals surface area contributed by atoms with E-state index in [-0.39, 0.29) is 17.2 Å². The minimum atomic E-state index is -5.05. The molecular formula is C52H32F6N4. The molecule has 0 N–H and O–H groups in total. The predicted octanol–water partition coefficient (Wildman–Crippen LogP) is 14.8. The van der Waals surface area contributed by atoms with Gasteiger partial charge in [-0.25, -0.2) is 0 Å². The molecule has 0 amide bonds. The summed E-state index contributed by atoms with van der Waals surface area (Å²) < 4.78 is 88.3. The highest BCUT2D eigenvalue weighted by molar-refractivity contribution is 6.13. The zero-order chi connectivity index (χ0) is 43.1. The molecule has 10 rings (SSSR count). The van der Waals surface area contributed by atoms with Crippen molar-refractivity contribution in [1.82, 2.24) is 14.1 Å². The average molecular weight is 827 g/mol. The van der Waals surface area contributed by atoms with Crippen LogP contribution in [0.5, 0.6) is 0 Å². The average Bonchev–Trinajstić information content (AvgIpc) is 3.77. The van der Waals surface area contributed by atoms with Crippen molar-refractivity contribution in [3.63, 3.8) is 0 Å². The van der Waals surface area contributed by atoms with Crippen LogP contribution in [0.1, 0.15) is 27.8 Å². The van der Waals surface area contributed by atoms with Crippen LogP contribution < -0.4 is 0 Å². The quantitative estimate of drug-likeness (QED) is 0.162. The zero-order valence-electron chi connectivity index (χ0n) is 33.1. The van der Waals surface area contributed by atoms with Gasteiger partial charge >= 0.3 is 12.4 Å². The summed E-state index contributed by atoms with van der Waals surface area (Å²) in [5.74, 6) is 0. The Kier molecular flexibility index (Phi) is 8.85. The maximum Gasteiger partial charge on any atom is 0.417 e. The second-order valence-corrected chi connectivity index (χ2v) is 15.5. The van der Waals surface area contributed by atoms with E-state index < -0.39 is 23.5 Å². The first-order chi connectivity index (χ1) is 29.8. The summed E-state index contributed by atoms with van der Waals surface area (Å²) in [6.45, 7) is 4.18.